The first kappa shape index (κ1) is 8.83. The molecule has 0 heteroatoms. The lowest BCUT2D eigenvalue weighted by molar-refractivity contribution is 0.504. The fraction of sp³-hybridized carbons (Fsp3) is 0.818. The fourth-order valence-electron chi connectivity index (χ4n) is 1.93. The molecule has 64 valence electrons. The van der Waals surface area contributed by atoms with Gasteiger partial charge in [-0.05, 0) is 24.2 Å². The Morgan fingerprint density at radius 2 is 2.18 bits per heavy atom. The number of hydrogen-bond donors (Lipinski definition) is 0. The Labute approximate surface area is 70.7 Å². The molecule has 1 rings (SSSR count). The van der Waals surface area contributed by atoms with Crippen molar-refractivity contribution in [3.63, 3.8) is 0 Å². The number of allylic oxidation sites excluding steroid dienone is 1. The van der Waals surface area contributed by atoms with E-state index in [4.69, 9.17) is 0 Å². The van der Waals surface area contributed by atoms with Crippen molar-refractivity contribution in [2.24, 2.45) is 11.3 Å². The highest BCUT2D eigenvalue weighted by molar-refractivity contribution is 5.17. The second-order valence-corrected chi connectivity index (χ2v) is 4.17. The maximum Gasteiger partial charge on any atom is -0.0146 e. The van der Waals surface area contributed by atoms with Crippen LogP contribution in [0.3, 0.4) is 0 Å². The van der Waals surface area contributed by atoms with E-state index in [-0.39, 0.29) is 0 Å². The minimum absolute atomic E-state index is 0.631. The molecule has 0 amide bonds. The van der Waals surface area contributed by atoms with Crippen molar-refractivity contribution in [3.05, 3.63) is 12.2 Å². The van der Waals surface area contributed by atoms with E-state index in [1.54, 1.807) is 0 Å². The van der Waals surface area contributed by atoms with Gasteiger partial charge in [0.15, 0.2) is 0 Å². The van der Waals surface area contributed by atoms with Crippen LogP contribution in [0.15, 0.2) is 12.2 Å². The highest BCUT2D eigenvalue weighted by atomic mass is 14.5. The van der Waals surface area contributed by atoms with Gasteiger partial charge >= 0.3 is 0 Å². The van der Waals surface area contributed by atoms with Gasteiger partial charge in [0.1, 0.15) is 0 Å². The molecule has 0 aromatic rings. The van der Waals surface area contributed by atoms with Crippen molar-refractivity contribution in [2.45, 2.75) is 46.5 Å². The Bertz CT molecular complexity index is 157. The molecule has 0 radical (unpaired) electrons. The summed E-state index contributed by atoms with van der Waals surface area (Å²) >= 11 is 0. The van der Waals surface area contributed by atoms with Crippen LogP contribution in [-0.4, -0.2) is 0 Å². The zero-order valence-corrected chi connectivity index (χ0v) is 8.11. The van der Waals surface area contributed by atoms with E-state index < -0.39 is 0 Å². The van der Waals surface area contributed by atoms with Gasteiger partial charge in [0.2, 0.25) is 0 Å². The van der Waals surface area contributed by atoms with Crippen LogP contribution in [0.25, 0.3) is 0 Å². The summed E-state index contributed by atoms with van der Waals surface area (Å²) in [4.78, 5) is 0. The predicted molar refractivity (Wildman–Crippen MR) is 50.6 cm³/mol. The first-order valence-electron chi connectivity index (χ1n) is 4.81. The summed E-state index contributed by atoms with van der Waals surface area (Å²) in [5, 5.41) is 0. The van der Waals surface area contributed by atoms with Crippen LogP contribution in [0.2, 0.25) is 0 Å². The molecule has 1 fully saturated rings. The van der Waals surface area contributed by atoms with Crippen LogP contribution < -0.4 is 0 Å². The summed E-state index contributed by atoms with van der Waals surface area (Å²) in [6, 6.07) is 0. The first-order chi connectivity index (χ1) is 5.14. The second kappa shape index (κ2) is 3.00. The number of rotatable bonds is 4. The van der Waals surface area contributed by atoms with Gasteiger partial charge in [0, 0.05) is 0 Å². The normalized spacial score (nSPS) is 35.4. The van der Waals surface area contributed by atoms with Crippen LogP contribution in [0, 0.1) is 11.3 Å². The van der Waals surface area contributed by atoms with Crippen LogP contribution in [0.5, 0.6) is 0 Å². The van der Waals surface area contributed by atoms with Gasteiger partial charge in [-0.1, -0.05) is 45.8 Å². The zero-order chi connectivity index (χ0) is 8.48. The quantitative estimate of drug-likeness (QED) is 0.538. The summed E-state index contributed by atoms with van der Waals surface area (Å²) in [7, 11) is 0. The fourth-order valence-corrected chi connectivity index (χ4v) is 1.93. The van der Waals surface area contributed by atoms with Crippen molar-refractivity contribution < 1.29 is 0 Å². The van der Waals surface area contributed by atoms with E-state index >= 15 is 0 Å². The van der Waals surface area contributed by atoms with E-state index in [2.05, 4.69) is 27.4 Å². The molecule has 0 heterocycles. The Balaban J connectivity index is 2.36. The average molecular weight is 152 g/mol. The molecule has 0 aromatic carbocycles. The molecule has 0 N–H and O–H groups in total. The average Bonchev–Trinajstić information content (AvgIpc) is 2.65. The van der Waals surface area contributed by atoms with E-state index in [9.17, 15) is 0 Å². The minimum Gasteiger partial charge on any atom is -0.0996 e. The molecule has 0 nitrogen and oxygen atoms in total. The molecular formula is C11H20. The maximum atomic E-state index is 4.15. The van der Waals surface area contributed by atoms with Gasteiger partial charge < -0.3 is 0 Å². The molecule has 11 heavy (non-hydrogen) atoms. The standard InChI is InChI=1S/C11H20/c1-5-7-9(3)10-8-11(10,4)6-2/h10H,3,5-8H2,1-2,4H3. The highest BCUT2D eigenvalue weighted by Crippen LogP contribution is 2.58. The van der Waals surface area contributed by atoms with E-state index in [1.807, 2.05) is 0 Å². The van der Waals surface area contributed by atoms with Gasteiger partial charge in [-0.3, -0.25) is 0 Å². The van der Waals surface area contributed by atoms with Crippen molar-refractivity contribution in [1.29, 1.82) is 0 Å². The van der Waals surface area contributed by atoms with Gasteiger partial charge in [0.25, 0.3) is 0 Å². The monoisotopic (exact) mass is 152 g/mol. The molecule has 1 aliphatic carbocycles. The van der Waals surface area contributed by atoms with Crippen LogP contribution in [0.4, 0.5) is 0 Å². The predicted octanol–water partition coefficient (Wildman–Crippen LogP) is 3.78. The SMILES string of the molecule is C=C(CCC)C1CC1(C)CC. The van der Waals surface area contributed by atoms with Crippen molar-refractivity contribution in [1.82, 2.24) is 0 Å². The van der Waals surface area contributed by atoms with Gasteiger partial charge in [-0.25, -0.2) is 0 Å². The Morgan fingerprint density at radius 1 is 1.55 bits per heavy atom. The smallest absolute Gasteiger partial charge is 0.0146 e. The van der Waals surface area contributed by atoms with Gasteiger partial charge in [-0.15, -0.1) is 0 Å². The largest absolute Gasteiger partial charge is 0.0996 e. The lowest BCUT2D eigenvalue weighted by Crippen LogP contribution is -1.97. The molecule has 2 unspecified atom stereocenters. The van der Waals surface area contributed by atoms with Crippen LogP contribution >= 0.6 is 0 Å². The lowest BCUT2D eigenvalue weighted by Gasteiger charge is -2.08. The lowest BCUT2D eigenvalue weighted by atomic mass is 9.97. The molecule has 1 saturated carbocycles. The molecular weight excluding hydrogens is 132 g/mol. The molecule has 2 atom stereocenters. The van der Waals surface area contributed by atoms with E-state index in [0.717, 1.165) is 5.92 Å². The maximum absolute atomic E-state index is 4.15. The summed E-state index contributed by atoms with van der Waals surface area (Å²) < 4.78 is 0. The first-order valence-corrected chi connectivity index (χ1v) is 4.81. The molecule has 0 aliphatic heterocycles. The summed E-state index contributed by atoms with van der Waals surface area (Å²) in [6.45, 7) is 11.1. The third kappa shape index (κ3) is 1.66. The van der Waals surface area contributed by atoms with E-state index in [0.29, 0.717) is 5.41 Å². The van der Waals surface area contributed by atoms with Crippen molar-refractivity contribution >= 4 is 0 Å². The Hall–Kier alpha value is -0.260. The number of hydrogen-bond acceptors (Lipinski definition) is 0. The highest BCUT2D eigenvalue weighted by Gasteiger charge is 2.48. The zero-order valence-electron chi connectivity index (χ0n) is 8.11. The summed E-state index contributed by atoms with van der Waals surface area (Å²) in [6.07, 6.45) is 5.21. The molecule has 1 aliphatic rings. The molecule has 0 bridgehead atoms. The Kier molecular flexibility index (Phi) is 2.41. The van der Waals surface area contributed by atoms with Gasteiger partial charge in [-0.2, -0.15) is 0 Å². The third-order valence-corrected chi connectivity index (χ3v) is 3.22. The molecule has 0 aromatic heterocycles. The van der Waals surface area contributed by atoms with Crippen molar-refractivity contribution in [2.75, 3.05) is 0 Å². The summed E-state index contributed by atoms with van der Waals surface area (Å²) in [5.74, 6) is 0.854. The second-order valence-electron chi connectivity index (χ2n) is 4.17. The topological polar surface area (TPSA) is 0 Å². The Morgan fingerprint density at radius 3 is 2.55 bits per heavy atom. The van der Waals surface area contributed by atoms with E-state index in [1.165, 1.54) is 31.3 Å². The van der Waals surface area contributed by atoms with Crippen molar-refractivity contribution in [3.8, 4) is 0 Å². The molecule has 0 saturated heterocycles. The van der Waals surface area contributed by atoms with Crippen LogP contribution in [0.1, 0.15) is 46.5 Å². The third-order valence-electron chi connectivity index (χ3n) is 3.22. The van der Waals surface area contributed by atoms with Crippen LogP contribution in [-0.2, 0) is 0 Å². The minimum atomic E-state index is 0.631. The van der Waals surface area contributed by atoms with Gasteiger partial charge in [0.05, 0.1) is 0 Å². The summed E-state index contributed by atoms with van der Waals surface area (Å²) in [5.41, 5.74) is 2.13. The molecule has 0 spiro atoms.